The Bertz CT molecular complexity index is 359. The van der Waals surface area contributed by atoms with Crippen molar-refractivity contribution in [2.75, 3.05) is 12.9 Å². The minimum Gasteiger partial charge on any atom is -0.496 e. The van der Waals surface area contributed by atoms with Crippen molar-refractivity contribution in [3.8, 4) is 5.75 Å². The number of rotatable bonds is 3. The van der Waals surface area contributed by atoms with E-state index in [2.05, 4.69) is 12.6 Å². The van der Waals surface area contributed by atoms with Gasteiger partial charge in [-0.15, -0.1) is 0 Å². The van der Waals surface area contributed by atoms with Gasteiger partial charge < -0.3 is 4.74 Å². The molecule has 0 radical (unpaired) electrons. The molecular weight excluding hydrogens is 196 g/mol. The molecule has 0 aliphatic carbocycles. The van der Waals surface area contributed by atoms with Crippen molar-refractivity contribution < 1.29 is 9.53 Å². The Labute approximate surface area is 89.7 Å². The Kier molecular flexibility index (Phi) is 3.58. The van der Waals surface area contributed by atoms with Crippen molar-refractivity contribution >= 4 is 18.4 Å². The van der Waals surface area contributed by atoms with Crippen LogP contribution in [0.15, 0.2) is 12.1 Å². The van der Waals surface area contributed by atoms with Crippen LogP contribution in [0.25, 0.3) is 0 Å². The van der Waals surface area contributed by atoms with Gasteiger partial charge >= 0.3 is 0 Å². The van der Waals surface area contributed by atoms with Crippen LogP contribution in [0.3, 0.4) is 0 Å². The lowest BCUT2D eigenvalue weighted by Gasteiger charge is -2.10. The monoisotopic (exact) mass is 210 g/mol. The summed E-state index contributed by atoms with van der Waals surface area (Å²) in [6.07, 6.45) is 0. The van der Waals surface area contributed by atoms with E-state index in [-0.39, 0.29) is 11.5 Å². The van der Waals surface area contributed by atoms with Crippen molar-refractivity contribution in [2.45, 2.75) is 13.8 Å². The molecule has 76 valence electrons. The lowest BCUT2D eigenvalue weighted by Crippen LogP contribution is -2.05. The fourth-order valence-corrected chi connectivity index (χ4v) is 1.57. The molecular formula is C11H14O2S. The third kappa shape index (κ3) is 1.93. The molecule has 0 amide bonds. The van der Waals surface area contributed by atoms with Crippen LogP contribution in [-0.4, -0.2) is 18.6 Å². The van der Waals surface area contributed by atoms with Crippen molar-refractivity contribution in [2.24, 2.45) is 0 Å². The van der Waals surface area contributed by atoms with E-state index in [9.17, 15) is 4.79 Å². The van der Waals surface area contributed by atoms with Gasteiger partial charge in [-0.2, -0.15) is 12.6 Å². The fourth-order valence-electron chi connectivity index (χ4n) is 1.40. The smallest absolute Gasteiger partial charge is 0.172 e. The van der Waals surface area contributed by atoms with E-state index in [1.54, 1.807) is 13.2 Å². The summed E-state index contributed by atoms with van der Waals surface area (Å²) < 4.78 is 5.16. The molecule has 2 nitrogen and oxygen atoms in total. The van der Waals surface area contributed by atoms with E-state index >= 15 is 0 Å². The van der Waals surface area contributed by atoms with E-state index < -0.39 is 0 Å². The molecule has 1 aromatic rings. The summed E-state index contributed by atoms with van der Waals surface area (Å²) in [6.45, 7) is 3.87. The van der Waals surface area contributed by atoms with Gasteiger partial charge in [0.2, 0.25) is 0 Å². The predicted molar refractivity (Wildman–Crippen MR) is 60.7 cm³/mol. The Hall–Kier alpha value is -0.960. The third-order valence-corrected chi connectivity index (χ3v) is 2.69. The van der Waals surface area contributed by atoms with Crippen LogP contribution in [0, 0.1) is 13.8 Å². The molecule has 0 bridgehead atoms. The Morgan fingerprint density at radius 2 is 2.00 bits per heavy atom. The van der Waals surface area contributed by atoms with Gasteiger partial charge in [0.05, 0.1) is 12.9 Å². The average Bonchev–Trinajstić information content (AvgIpc) is 2.21. The highest BCUT2D eigenvalue weighted by atomic mass is 32.1. The number of hydrogen-bond acceptors (Lipinski definition) is 3. The molecule has 3 heteroatoms. The van der Waals surface area contributed by atoms with E-state index in [4.69, 9.17) is 4.74 Å². The Morgan fingerprint density at radius 1 is 1.36 bits per heavy atom. The van der Waals surface area contributed by atoms with Gasteiger partial charge in [0, 0.05) is 5.56 Å². The Balaban J connectivity index is 3.24. The van der Waals surface area contributed by atoms with Crippen molar-refractivity contribution in [1.29, 1.82) is 0 Å². The van der Waals surface area contributed by atoms with Gasteiger partial charge in [0.1, 0.15) is 5.75 Å². The number of methoxy groups -OCH3 is 1. The highest BCUT2D eigenvalue weighted by Crippen LogP contribution is 2.24. The normalized spacial score (nSPS) is 10.0. The molecule has 0 fully saturated rings. The molecule has 1 aromatic carbocycles. The van der Waals surface area contributed by atoms with Crippen molar-refractivity contribution in [1.82, 2.24) is 0 Å². The van der Waals surface area contributed by atoms with Crippen LogP contribution < -0.4 is 4.74 Å². The Morgan fingerprint density at radius 3 is 2.50 bits per heavy atom. The van der Waals surface area contributed by atoms with Gasteiger partial charge in [0.15, 0.2) is 5.78 Å². The first-order chi connectivity index (χ1) is 6.61. The minimum absolute atomic E-state index is 0.0524. The van der Waals surface area contributed by atoms with Crippen molar-refractivity contribution in [3.05, 3.63) is 28.8 Å². The number of carbonyl (C=O) groups excluding carboxylic acids is 1. The quantitative estimate of drug-likeness (QED) is 0.612. The molecule has 0 saturated heterocycles. The van der Waals surface area contributed by atoms with Crippen LogP contribution in [0.4, 0.5) is 0 Å². The molecule has 0 saturated carbocycles. The number of carbonyl (C=O) groups is 1. The number of thiol groups is 1. The van der Waals surface area contributed by atoms with Gasteiger partial charge in [-0.05, 0) is 37.1 Å². The van der Waals surface area contributed by atoms with E-state index in [1.165, 1.54) is 0 Å². The molecule has 0 aliphatic rings. The predicted octanol–water partition coefficient (Wildman–Crippen LogP) is 2.42. The second-order valence-electron chi connectivity index (χ2n) is 3.15. The maximum atomic E-state index is 11.5. The molecule has 0 spiro atoms. The summed E-state index contributed by atoms with van der Waals surface area (Å²) in [6, 6.07) is 3.61. The number of hydrogen-bond donors (Lipinski definition) is 1. The first-order valence-corrected chi connectivity index (χ1v) is 5.03. The number of ether oxygens (including phenoxy) is 1. The van der Waals surface area contributed by atoms with Crippen LogP contribution in [0.1, 0.15) is 21.5 Å². The standard InChI is InChI=1S/C11H14O2S/c1-7-8(2)11(13-3)5-4-9(7)10(12)6-14/h4-5,14H,6H2,1-3H3. The molecule has 0 aliphatic heterocycles. The van der Waals surface area contributed by atoms with E-state index in [1.807, 2.05) is 19.9 Å². The topological polar surface area (TPSA) is 26.3 Å². The summed E-state index contributed by atoms with van der Waals surface area (Å²) in [5.74, 6) is 1.11. The van der Waals surface area contributed by atoms with E-state index in [0.717, 1.165) is 22.4 Å². The van der Waals surface area contributed by atoms with Gasteiger partial charge in [-0.3, -0.25) is 4.79 Å². The second kappa shape index (κ2) is 4.51. The summed E-state index contributed by atoms with van der Waals surface area (Å²) in [5, 5.41) is 0. The van der Waals surface area contributed by atoms with Crippen LogP contribution in [0.2, 0.25) is 0 Å². The highest BCUT2D eigenvalue weighted by Gasteiger charge is 2.11. The van der Waals surface area contributed by atoms with Crippen molar-refractivity contribution in [3.63, 3.8) is 0 Å². The summed E-state index contributed by atoms with van der Waals surface area (Å²) in [7, 11) is 1.63. The maximum Gasteiger partial charge on any atom is 0.172 e. The summed E-state index contributed by atoms with van der Waals surface area (Å²) >= 11 is 3.98. The number of Topliss-reactive ketones (excluding diaryl/α,β-unsaturated/α-hetero) is 1. The van der Waals surface area contributed by atoms with Crippen LogP contribution >= 0.6 is 12.6 Å². The lowest BCUT2D eigenvalue weighted by atomic mass is 10.00. The third-order valence-electron chi connectivity index (χ3n) is 2.40. The molecule has 0 aromatic heterocycles. The van der Waals surface area contributed by atoms with E-state index in [0.29, 0.717) is 0 Å². The molecule has 0 N–H and O–H groups in total. The zero-order chi connectivity index (χ0) is 10.7. The highest BCUT2D eigenvalue weighted by molar-refractivity contribution is 7.81. The summed E-state index contributed by atoms with van der Waals surface area (Å²) in [4.78, 5) is 11.5. The summed E-state index contributed by atoms with van der Waals surface area (Å²) in [5.41, 5.74) is 2.72. The SMILES string of the molecule is COc1ccc(C(=O)CS)c(C)c1C. The second-order valence-corrected chi connectivity index (χ2v) is 3.46. The van der Waals surface area contributed by atoms with Gasteiger partial charge in [-0.1, -0.05) is 0 Å². The van der Waals surface area contributed by atoms with Crippen LogP contribution in [0.5, 0.6) is 5.75 Å². The largest absolute Gasteiger partial charge is 0.496 e. The molecule has 0 heterocycles. The molecule has 1 rings (SSSR count). The van der Waals surface area contributed by atoms with Crippen LogP contribution in [-0.2, 0) is 0 Å². The number of benzene rings is 1. The minimum atomic E-state index is 0.0524. The first kappa shape index (κ1) is 11.1. The zero-order valence-corrected chi connectivity index (χ0v) is 9.52. The molecule has 0 atom stereocenters. The number of ketones is 1. The lowest BCUT2D eigenvalue weighted by molar-refractivity contribution is 0.102. The average molecular weight is 210 g/mol. The zero-order valence-electron chi connectivity index (χ0n) is 8.63. The van der Waals surface area contributed by atoms with Gasteiger partial charge in [-0.25, -0.2) is 0 Å². The molecule has 0 unspecified atom stereocenters. The molecule has 14 heavy (non-hydrogen) atoms. The maximum absolute atomic E-state index is 11.5. The van der Waals surface area contributed by atoms with Gasteiger partial charge in [0.25, 0.3) is 0 Å². The fraction of sp³-hybridized carbons (Fsp3) is 0.364. The first-order valence-electron chi connectivity index (χ1n) is 4.40.